The largest absolute Gasteiger partial charge is 0.478 e. The van der Waals surface area contributed by atoms with Gasteiger partial charge in [-0.3, -0.25) is 4.79 Å². The number of hydrogen-bond donors (Lipinski definition) is 1. The van der Waals surface area contributed by atoms with Crippen LogP contribution in [0.2, 0.25) is 5.02 Å². The molecule has 0 radical (unpaired) electrons. The van der Waals surface area contributed by atoms with Crippen LogP contribution in [0.15, 0.2) is 58.2 Å². The fourth-order valence-corrected chi connectivity index (χ4v) is 2.85. The first-order valence-corrected chi connectivity index (χ1v) is 9.31. The van der Waals surface area contributed by atoms with Gasteiger partial charge in [0.1, 0.15) is 0 Å². The van der Waals surface area contributed by atoms with Crippen molar-refractivity contribution in [3.8, 4) is 5.75 Å². The molecule has 1 aromatic heterocycles. The lowest BCUT2D eigenvalue weighted by atomic mass is 10.3. The molecule has 0 bridgehead atoms. The highest BCUT2D eigenvalue weighted by Crippen LogP contribution is 2.26. The topological polar surface area (TPSA) is 77.2 Å². The van der Waals surface area contributed by atoms with Crippen molar-refractivity contribution in [1.29, 1.82) is 0 Å². The molecule has 0 fully saturated rings. The summed E-state index contributed by atoms with van der Waals surface area (Å²) >= 11 is 7.07. The monoisotopic (exact) mass is 407 g/mol. The van der Waals surface area contributed by atoms with Crippen molar-refractivity contribution in [1.82, 2.24) is 10.2 Å². The van der Waals surface area contributed by atoms with Gasteiger partial charge < -0.3 is 14.5 Å². The number of amides is 1. The number of nitrogens with zero attached hydrogens (tertiary/aromatic N) is 2. The van der Waals surface area contributed by atoms with Crippen molar-refractivity contribution in [3.05, 3.63) is 65.3 Å². The van der Waals surface area contributed by atoms with Gasteiger partial charge in [0.05, 0.1) is 16.5 Å². The van der Waals surface area contributed by atoms with Crippen LogP contribution in [0.5, 0.6) is 5.75 Å². The Labute approximate surface area is 164 Å². The lowest BCUT2D eigenvalue weighted by Crippen LogP contribution is -2.14. The van der Waals surface area contributed by atoms with Crippen LogP contribution in [0.1, 0.15) is 18.9 Å². The summed E-state index contributed by atoms with van der Waals surface area (Å²) in [5.74, 6) is -0.392. The fourth-order valence-electron chi connectivity index (χ4n) is 2.10. The number of anilines is 1. The van der Waals surface area contributed by atoms with Gasteiger partial charge in [-0.1, -0.05) is 47.6 Å². The highest BCUT2D eigenvalue weighted by Gasteiger charge is 2.18. The van der Waals surface area contributed by atoms with Gasteiger partial charge in [0, 0.05) is 0 Å². The number of para-hydroxylation sites is 2. The Balaban J connectivity index is 1.54. The van der Waals surface area contributed by atoms with E-state index in [4.69, 9.17) is 20.8 Å². The van der Waals surface area contributed by atoms with E-state index in [1.54, 1.807) is 43.3 Å². The first kappa shape index (κ1) is 19.2. The predicted octanol–water partition coefficient (Wildman–Crippen LogP) is 4.73. The molecule has 0 aliphatic rings. The van der Waals surface area contributed by atoms with Crippen molar-refractivity contribution in [2.75, 3.05) is 11.1 Å². The molecule has 1 heterocycles. The van der Waals surface area contributed by atoms with E-state index in [-0.39, 0.29) is 28.5 Å². The number of aromatic nitrogens is 2. The molecule has 3 rings (SSSR count). The van der Waals surface area contributed by atoms with E-state index in [2.05, 4.69) is 15.5 Å². The molecule has 0 aliphatic heterocycles. The average molecular weight is 408 g/mol. The van der Waals surface area contributed by atoms with Crippen LogP contribution < -0.4 is 10.1 Å². The minimum absolute atomic E-state index is 0.0649. The number of carbonyl (C=O) groups is 1. The average Bonchev–Trinajstić information content (AvgIpc) is 3.13. The van der Waals surface area contributed by atoms with Crippen LogP contribution in [-0.2, 0) is 4.79 Å². The highest BCUT2D eigenvalue weighted by atomic mass is 35.5. The maximum Gasteiger partial charge on any atom is 0.277 e. The number of benzene rings is 2. The molecule has 0 spiro atoms. The Morgan fingerprint density at radius 3 is 2.78 bits per heavy atom. The third-order valence-electron chi connectivity index (χ3n) is 3.38. The summed E-state index contributed by atoms with van der Waals surface area (Å²) in [6.45, 7) is 1.67. The fraction of sp³-hybridized carbons (Fsp3) is 0.167. The molecule has 9 heteroatoms. The molecule has 1 atom stereocenters. The lowest BCUT2D eigenvalue weighted by molar-refractivity contribution is -0.113. The number of hydrogen-bond acceptors (Lipinski definition) is 6. The molecular formula is C18H15ClFN3O3S. The molecule has 0 unspecified atom stereocenters. The van der Waals surface area contributed by atoms with Crippen molar-refractivity contribution in [2.45, 2.75) is 18.3 Å². The van der Waals surface area contributed by atoms with Gasteiger partial charge in [0.15, 0.2) is 17.7 Å². The number of halogens is 2. The summed E-state index contributed by atoms with van der Waals surface area (Å²) in [4.78, 5) is 12.0. The number of nitrogens with one attached hydrogen (secondary N) is 1. The third-order valence-corrected chi connectivity index (χ3v) is 4.53. The van der Waals surface area contributed by atoms with Crippen LogP contribution in [0.25, 0.3) is 0 Å². The number of carbonyl (C=O) groups excluding carboxylic acids is 1. The van der Waals surface area contributed by atoms with Crippen LogP contribution >= 0.6 is 23.4 Å². The molecule has 2 aromatic carbocycles. The van der Waals surface area contributed by atoms with Gasteiger partial charge in [-0.15, -0.1) is 10.2 Å². The Morgan fingerprint density at radius 2 is 2.00 bits per heavy atom. The maximum absolute atomic E-state index is 13.6. The van der Waals surface area contributed by atoms with Crippen LogP contribution in [0.3, 0.4) is 0 Å². The van der Waals surface area contributed by atoms with E-state index in [1.807, 2.05) is 0 Å². The van der Waals surface area contributed by atoms with E-state index < -0.39 is 11.9 Å². The van der Waals surface area contributed by atoms with Crippen molar-refractivity contribution in [2.24, 2.45) is 0 Å². The number of thioether (sulfide) groups is 1. The van der Waals surface area contributed by atoms with Crippen molar-refractivity contribution < 1.29 is 18.3 Å². The van der Waals surface area contributed by atoms with Gasteiger partial charge in [0.25, 0.3) is 11.1 Å². The second-order valence-corrected chi connectivity index (χ2v) is 6.75. The number of rotatable bonds is 7. The van der Waals surface area contributed by atoms with E-state index in [9.17, 15) is 9.18 Å². The van der Waals surface area contributed by atoms with Gasteiger partial charge in [-0.05, 0) is 31.2 Å². The van der Waals surface area contributed by atoms with Gasteiger partial charge >= 0.3 is 0 Å². The summed E-state index contributed by atoms with van der Waals surface area (Å²) in [6, 6.07) is 13.0. The SMILES string of the molecule is C[C@H](Oc1ccccc1F)c1nnc(SCC(=O)Nc2ccccc2Cl)o1. The lowest BCUT2D eigenvalue weighted by Gasteiger charge is -2.11. The second kappa shape index (κ2) is 8.88. The number of ether oxygens (including phenoxy) is 1. The maximum atomic E-state index is 13.6. The third kappa shape index (κ3) is 5.21. The zero-order valence-electron chi connectivity index (χ0n) is 14.2. The summed E-state index contributed by atoms with van der Waals surface area (Å²) in [5, 5.41) is 11.1. The quantitative estimate of drug-likeness (QED) is 0.570. The van der Waals surface area contributed by atoms with E-state index in [0.717, 1.165) is 11.8 Å². The Morgan fingerprint density at radius 1 is 1.26 bits per heavy atom. The standard InChI is InChI=1S/C18H15ClFN3O3S/c1-11(25-15-9-5-3-7-13(15)20)17-22-23-18(26-17)27-10-16(24)21-14-8-4-2-6-12(14)19/h2-9,11H,10H2,1H3,(H,21,24)/t11-/m0/s1. The van der Waals surface area contributed by atoms with Crippen LogP contribution in [0, 0.1) is 5.82 Å². The van der Waals surface area contributed by atoms with Crippen LogP contribution in [-0.4, -0.2) is 21.9 Å². The summed E-state index contributed by atoms with van der Waals surface area (Å²) < 4.78 is 24.6. The van der Waals surface area contributed by atoms with Crippen molar-refractivity contribution >= 4 is 35.0 Å². The van der Waals surface area contributed by atoms with Crippen LogP contribution in [0.4, 0.5) is 10.1 Å². The molecule has 140 valence electrons. The Kier molecular flexibility index (Phi) is 6.31. The van der Waals surface area contributed by atoms with Gasteiger partial charge in [-0.25, -0.2) is 4.39 Å². The molecule has 1 N–H and O–H groups in total. The normalized spacial score (nSPS) is 11.8. The molecule has 1 amide bonds. The predicted molar refractivity (Wildman–Crippen MR) is 101 cm³/mol. The molecule has 0 saturated heterocycles. The minimum Gasteiger partial charge on any atom is -0.478 e. The second-order valence-electron chi connectivity index (χ2n) is 5.41. The smallest absolute Gasteiger partial charge is 0.277 e. The molecule has 3 aromatic rings. The molecule has 6 nitrogen and oxygen atoms in total. The first-order chi connectivity index (χ1) is 13.0. The summed E-state index contributed by atoms with van der Waals surface area (Å²) in [6.07, 6.45) is -0.638. The van der Waals surface area contributed by atoms with Crippen molar-refractivity contribution in [3.63, 3.8) is 0 Å². The Hall–Kier alpha value is -2.58. The minimum atomic E-state index is -0.638. The van der Waals surface area contributed by atoms with Gasteiger partial charge in [0.2, 0.25) is 5.91 Å². The van der Waals surface area contributed by atoms with E-state index in [0.29, 0.717) is 10.7 Å². The zero-order valence-corrected chi connectivity index (χ0v) is 15.8. The molecule has 0 aliphatic carbocycles. The van der Waals surface area contributed by atoms with E-state index in [1.165, 1.54) is 12.1 Å². The first-order valence-electron chi connectivity index (χ1n) is 7.94. The molecule has 0 saturated carbocycles. The zero-order chi connectivity index (χ0) is 19.2. The van der Waals surface area contributed by atoms with E-state index >= 15 is 0 Å². The highest BCUT2D eigenvalue weighted by molar-refractivity contribution is 7.99. The molecular weight excluding hydrogens is 393 g/mol. The summed E-state index contributed by atoms with van der Waals surface area (Å²) in [5.41, 5.74) is 0.530. The Bertz CT molecular complexity index is 937. The summed E-state index contributed by atoms with van der Waals surface area (Å²) in [7, 11) is 0. The molecule has 27 heavy (non-hydrogen) atoms. The van der Waals surface area contributed by atoms with Gasteiger partial charge in [-0.2, -0.15) is 0 Å².